The van der Waals surface area contributed by atoms with E-state index in [2.05, 4.69) is 35.7 Å². The second kappa shape index (κ2) is 8.42. The number of carbonyl (C=O) groups excluding carboxylic acids is 1. The zero-order valence-electron chi connectivity index (χ0n) is 16.2. The van der Waals surface area contributed by atoms with Crippen LogP contribution in [-0.4, -0.2) is 54.8 Å². The molecule has 0 fully saturated rings. The van der Waals surface area contributed by atoms with Gasteiger partial charge in [0.15, 0.2) is 0 Å². The molecular formula is C19H17F3N8O. The average molecular weight is 430 g/mol. The molecule has 160 valence electrons. The van der Waals surface area contributed by atoms with E-state index in [1.165, 1.54) is 17.1 Å². The SMILES string of the molecule is Cn1cc(C(=O)Nc2cc3[nH]c(-c4ccnc(NC(CF)C(F)F)n4)cc3cn2)cn1. The number of anilines is 2. The molecular weight excluding hydrogens is 413 g/mol. The molecule has 1 atom stereocenters. The number of carbonyl (C=O) groups is 1. The van der Waals surface area contributed by atoms with Gasteiger partial charge in [0, 0.05) is 37.1 Å². The van der Waals surface area contributed by atoms with Crippen LogP contribution in [0.25, 0.3) is 22.3 Å². The number of rotatable bonds is 7. The molecule has 4 aromatic heterocycles. The van der Waals surface area contributed by atoms with Crippen LogP contribution in [0, 0.1) is 0 Å². The van der Waals surface area contributed by atoms with Gasteiger partial charge in [-0.1, -0.05) is 0 Å². The Morgan fingerprint density at radius 1 is 1.26 bits per heavy atom. The Morgan fingerprint density at radius 3 is 2.81 bits per heavy atom. The largest absolute Gasteiger partial charge is 0.353 e. The quantitative estimate of drug-likeness (QED) is 0.415. The highest BCUT2D eigenvalue weighted by Gasteiger charge is 2.21. The third-order valence-corrected chi connectivity index (χ3v) is 4.43. The molecule has 9 nitrogen and oxygen atoms in total. The first-order chi connectivity index (χ1) is 14.9. The lowest BCUT2D eigenvalue weighted by Crippen LogP contribution is -2.30. The maximum absolute atomic E-state index is 12.8. The van der Waals surface area contributed by atoms with E-state index < -0.39 is 19.1 Å². The zero-order chi connectivity index (χ0) is 22.0. The van der Waals surface area contributed by atoms with Crippen molar-refractivity contribution in [2.45, 2.75) is 12.5 Å². The highest BCUT2D eigenvalue weighted by atomic mass is 19.3. The standard InChI is InChI=1S/C19H17F3N8O/c1-30-9-11(8-25-30)18(31)29-16-5-13-10(7-24-16)4-14(26-13)12-2-3-23-19(27-12)28-15(6-20)17(21)22/h2-5,7-9,15,17,26H,6H2,1H3,(H,23,27,28)(H,24,29,31). The monoisotopic (exact) mass is 430 g/mol. The Labute approximate surface area is 173 Å². The molecule has 0 radical (unpaired) electrons. The number of nitrogens with zero attached hydrogens (tertiary/aromatic N) is 5. The second-order valence-electron chi connectivity index (χ2n) is 6.70. The summed E-state index contributed by atoms with van der Waals surface area (Å²) in [5, 5.41) is 9.69. The van der Waals surface area contributed by atoms with Crippen molar-refractivity contribution < 1.29 is 18.0 Å². The summed E-state index contributed by atoms with van der Waals surface area (Å²) in [7, 11) is 1.71. The molecule has 31 heavy (non-hydrogen) atoms. The molecule has 12 heteroatoms. The van der Waals surface area contributed by atoms with Gasteiger partial charge in [-0.15, -0.1) is 0 Å². The molecule has 4 rings (SSSR count). The molecule has 0 bridgehead atoms. The Morgan fingerprint density at radius 2 is 2.10 bits per heavy atom. The van der Waals surface area contributed by atoms with Crippen LogP contribution >= 0.6 is 0 Å². The van der Waals surface area contributed by atoms with Crippen LogP contribution in [0.2, 0.25) is 0 Å². The van der Waals surface area contributed by atoms with Crippen molar-refractivity contribution in [3.8, 4) is 11.4 Å². The molecule has 4 heterocycles. The zero-order valence-corrected chi connectivity index (χ0v) is 16.2. The summed E-state index contributed by atoms with van der Waals surface area (Å²) < 4.78 is 39.8. The highest BCUT2D eigenvalue weighted by molar-refractivity contribution is 6.04. The van der Waals surface area contributed by atoms with Gasteiger partial charge in [-0.3, -0.25) is 9.48 Å². The summed E-state index contributed by atoms with van der Waals surface area (Å²) in [6, 6.07) is 3.32. The number of amides is 1. The van der Waals surface area contributed by atoms with Gasteiger partial charge in [-0.05, 0) is 12.1 Å². The molecule has 0 aliphatic carbocycles. The Kier molecular flexibility index (Phi) is 5.52. The number of aromatic nitrogens is 6. The number of fused-ring (bicyclic) bond motifs is 1. The number of aryl methyl sites for hydroxylation is 1. The summed E-state index contributed by atoms with van der Waals surface area (Å²) in [5.74, 6) is -0.121. The Bertz CT molecular complexity index is 1220. The first-order valence-corrected chi connectivity index (χ1v) is 9.16. The van der Waals surface area contributed by atoms with Crippen molar-refractivity contribution in [1.29, 1.82) is 0 Å². The fourth-order valence-corrected chi connectivity index (χ4v) is 2.87. The number of alkyl halides is 3. The van der Waals surface area contributed by atoms with Gasteiger partial charge in [-0.2, -0.15) is 5.10 Å². The predicted octanol–water partition coefficient (Wildman–Crippen LogP) is 3.02. The van der Waals surface area contributed by atoms with Gasteiger partial charge in [0.1, 0.15) is 18.5 Å². The van der Waals surface area contributed by atoms with Gasteiger partial charge < -0.3 is 15.6 Å². The van der Waals surface area contributed by atoms with Crippen LogP contribution in [0.15, 0.2) is 43.0 Å². The van der Waals surface area contributed by atoms with Crippen LogP contribution in [-0.2, 0) is 7.05 Å². The lowest BCUT2D eigenvalue weighted by molar-refractivity contribution is 0.102. The lowest BCUT2D eigenvalue weighted by atomic mass is 10.2. The Balaban J connectivity index is 1.56. The maximum atomic E-state index is 12.8. The fourth-order valence-electron chi connectivity index (χ4n) is 2.87. The third kappa shape index (κ3) is 4.47. The van der Waals surface area contributed by atoms with Crippen LogP contribution in [0.1, 0.15) is 10.4 Å². The highest BCUT2D eigenvalue weighted by Crippen LogP contribution is 2.24. The van der Waals surface area contributed by atoms with Gasteiger partial charge >= 0.3 is 0 Å². The van der Waals surface area contributed by atoms with Crippen molar-refractivity contribution in [3.63, 3.8) is 0 Å². The smallest absolute Gasteiger partial charge is 0.261 e. The van der Waals surface area contributed by atoms with E-state index in [1.54, 1.807) is 37.6 Å². The molecule has 3 N–H and O–H groups in total. The minimum absolute atomic E-state index is 0.110. The predicted molar refractivity (Wildman–Crippen MR) is 108 cm³/mol. The van der Waals surface area contributed by atoms with E-state index in [0.717, 1.165) is 5.39 Å². The van der Waals surface area contributed by atoms with Crippen LogP contribution < -0.4 is 10.6 Å². The number of H-pyrrole nitrogens is 1. The molecule has 0 aliphatic rings. The maximum Gasteiger partial charge on any atom is 0.261 e. The van der Waals surface area contributed by atoms with Crippen LogP contribution in [0.4, 0.5) is 24.9 Å². The normalized spacial score (nSPS) is 12.3. The second-order valence-corrected chi connectivity index (χ2v) is 6.70. The molecule has 1 amide bonds. The third-order valence-electron chi connectivity index (χ3n) is 4.43. The van der Waals surface area contributed by atoms with E-state index in [1.807, 2.05) is 0 Å². The van der Waals surface area contributed by atoms with Gasteiger partial charge in [0.2, 0.25) is 5.95 Å². The van der Waals surface area contributed by atoms with Gasteiger partial charge in [0.05, 0.1) is 28.7 Å². The van der Waals surface area contributed by atoms with Gasteiger partial charge in [-0.25, -0.2) is 28.1 Å². The number of pyridine rings is 1. The minimum atomic E-state index is -2.89. The molecule has 0 spiro atoms. The summed E-state index contributed by atoms with van der Waals surface area (Å²) in [6.45, 7) is -1.25. The number of nitrogens with one attached hydrogen (secondary N) is 3. The van der Waals surface area contributed by atoms with E-state index >= 15 is 0 Å². The topological polar surface area (TPSA) is 113 Å². The first kappa shape index (κ1) is 20.3. The van der Waals surface area contributed by atoms with E-state index in [-0.39, 0.29) is 11.9 Å². The number of hydrogen-bond acceptors (Lipinski definition) is 6. The Hall–Kier alpha value is -3.96. The summed E-state index contributed by atoms with van der Waals surface area (Å²) in [5.41, 5.74) is 2.06. The molecule has 0 aliphatic heterocycles. The van der Waals surface area contributed by atoms with E-state index in [0.29, 0.717) is 28.3 Å². The number of hydrogen-bond donors (Lipinski definition) is 3. The van der Waals surface area contributed by atoms with Crippen molar-refractivity contribution >= 4 is 28.6 Å². The minimum Gasteiger partial charge on any atom is -0.353 e. The summed E-state index contributed by atoms with van der Waals surface area (Å²) >= 11 is 0. The lowest BCUT2D eigenvalue weighted by Gasteiger charge is -2.14. The number of aromatic amines is 1. The van der Waals surface area contributed by atoms with Crippen molar-refractivity contribution in [3.05, 3.63) is 48.5 Å². The van der Waals surface area contributed by atoms with Crippen molar-refractivity contribution in [1.82, 2.24) is 29.7 Å². The van der Waals surface area contributed by atoms with Gasteiger partial charge in [0.25, 0.3) is 12.3 Å². The van der Waals surface area contributed by atoms with Crippen molar-refractivity contribution in [2.24, 2.45) is 7.05 Å². The summed E-state index contributed by atoms with van der Waals surface area (Å²) in [6.07, 6.45) is 3.10. The van der Waals surface area contributed by atoms with Crippen LogP contribution in [0.5, 0.6) is 0 Å². The van der Waals surface area contributed by atoms with Crippen LogP contribution in [0.3, 0.4) is 0 Å². The van der Waals surface area contributed by atoms with E-state index in [9.17, 15) is 18.0 Å². The fraction of sp³-hybridized carbons (Fsp3) is 0.211. The van der Waals surface area contributed by atoms with E-state index in [4.69, 9.17) is 0 Å². The van der Waals surface area contributed by atoms with Crippen molar-refractivity contribution in [2.75, 3.05) is 17.3 Å². The molecule has 0 saturated carbocycles. The first-order valence-electron chi connectivity index (χ1n) is 9.16. The average Bonchev–Trinajstić information content (AvgIpc) is 3.38. The number of halogens is 3. The molecule has 0 aromatic carbocycles. The summed E-state index contributed by atoms with van der Waals surface area (Å²) in [4.78, 5) is 27.7. The molecule has 1 unspecified atom stereocenters. The molecule has 4 aromatic rings. The molecule has 0 saturated heterocycles.